The lowest BCUT2D eigenvalue weighted by Gasteiger charge is -2.09. The highest BCUT2D eigenvalue weighted by molar-refractivity contribution is 7.98. The second-order valence-corrected chi connectivity index (χ2v) is 6.41. The Morgan fingerprint density at radius 2 is 2.18 bits per heavy atom. The number of benzene rings is 1. The van der Waals surface area contributed by atoms with Crippen LogP contribution in [0.25, 0.3) is 0 Å². The van der Waals surface area contributed by atoms with E-state index in [4.69, 9.17) is 16.7 Å². The van der Waals surface area contributed by atoms with Gasteiger partial charge in [-0.25, -0.2) is 13.6 Å². The van der Waals surface area contributed by atoms with Crippen molar-refractivity contribution >= 4 is 39.1 Å². The molecule has 1 rings (SSSR count). The van der Waals surface area contributed by atoms with Crippen molar-refractivity contribution in [3.05, 3.63) is 23.2 Å². The Balaban J connectivity index is 2.77. The Labute approximate surface area is 111 Å². The summed E-state index contributed by atoms with van der Waals surface area (Å²) in [7, 11) is -3.68. The van der Waals surface area contributed by atoms with Crippen LogP contribution in [0.5, 0.6) is 0 Å². The number of rotatable bonds is 6. The van der Waals surface area contributed by atoms with Crippen LogP contribution in [0.4, 0.5) is 5.69 Å². The first-order valence-corrected chi connectivity index (χ1v) is 8.32. The summed E-state index contributed by atoms with van der Waals surface area (Å²) in [6.45, 7) is 0.745. The number of primary sulfonamides is 1. The van der Waals surface area contributed by atoms with Gasteiger partial charge in [0.2, 0.25) is 10.0 Å². The number of sulfonamides is 1. The number of nitrogens with one attached hydrogen (secondary N) is 1. The van der Waals surface area contributed by atoms with E-state index in [1.54, 1.807) is 11.8 Å². The molecular weight excluding hydrogens is 280 g/mol. The van der Waals surface area contributed by atoms with E-state index in [2.05, 4.69) is 5.32 Å². The van der Waals surface area contributed by atoms with Gasteiger partial charge in [0.05, 0.1) is 15.6 Å². The summed E-state index contributed by atoms with van der Waals surface area (Å²) in [6.07, 6.45) is 3.02. The second kappa shape index (κ2) is 6.49. The van der Waals surface area contributed by atoms with Gasteiger partial charge in [-0.05, 0) is 36.6 Å². The zero-order chi connectivity index (χ0) is 12.9. The van der Waals surface area contributed by atoms with Crippen molar-refractivity contribution < 1.29 is 8.42 Å². The Kier molecular flexibility index (Phi) is 5.58. The number of halogens is 1. The average molecular weight is 295 g/mol. The largest absolute Gasteiger partial charge is 0.384 e. The summed E-state index contributed by atoms with van der Waals surface area (Å²) >= 11 is 7.72. The molecule has 0 bridgehead atoms. The van der Waals surface area contributed by atoms with E-state index < -0.39 is 10.0 Å². The molecule has 0 saturated carbocycles. The van der Waals surface area contributed by atoms with E-state index in [9.17, 15) is 8.42 Å². The zero-order valence-corrected chi connectivity index (χ0v) is 11.8. The van der Waals surface area contributed by atoms with Crippen LogP contribution in [-0.2, 0) is 10.0 Å². The van der Waals surface area contributed by atoms with E-state index in [0.717, 1.165) is 18.7 Å². The minimum absolute atomic E-state index is 0.0641. The molecule has 0 fully saturated rings. The molecule has 4 nitrogen and oxygen atoms in total. The molecule has 0 aliphatic carbocycles. The predicted molar refractivity (Wildman–Crippen MR) is 74.3 cm³/mol. The average Bonchev–Trinajstić information content (AvgIpc) is 2.25. The van der Waals surface area contributed by atoms with Gasteiger partial charge in [-0.2, -0.15) is 11.8 Å². The molecule has 3 N–H and O–H groups in total. The van der Waals surface area contributed by atoms with Gasteiger partial charge in [-0.15, -0.1) is 0 Å². The molecule has 0 unspecified atom stereocenters. The predicted octanol–water partition coefficient (Wildman–Crippen LogP) is 2.15. The van der Waals surface area contributed by atoms with E-state index in [-0.39, 0.29) is 4.90 Å². The molecule has 0 aliphatic rings. The van der Waals surface area contributed by atoms with Crippen LogP contribution in [0.15, 0.2) is 23.1 Å². The fourth-order valence-electron chi connectivity index (χ4n) is 1.26. The van der Waals surface area contributed by atoms with Crippen LogP contribution in [0.1, 0.15) is 6.42 Å². The van der Waals surface area contributed by atoms with E-state index >= 15 is 0 Å². The topological polar surface area (TPSA) is 72.2 Å². The van der Waals surface area contributed by atoms with Gasteiger partial charge in [-0.1, -0.05) is 11.6 Å². The maximum absolute atomic E-state index is 11.2. The number of nitrogens with two attached hydrogens (primary N) is 1. The van der Waals surface area contributed by atoms with Gasteiger partial charge >= 0.3 is 0 Å². The molecule has 0 aromatic heterocycles. The standard InChI is InChI=1S/C10H15ClN2O2S2/c1-16-6-2-5-13-10-7-8(17(12,14)15)3-4-9(10)11/h3-4,7,13H,2,5-6H2,1H3,(H2,12,14,15). The molecule has 1 aromatic carbocycles. The fourth-order valence-corrected chi connectivity index (χ4v) is 2.41. The number of hydrogen-bond acceptors (Lipinski definition) is 4. The first kappa shape index (κ1) is 14.6. The minimum Gasteiger partial charge on any atom is -0.384 e. The van der Waals surface area contributed by atoms with Gasteiger partial charge in [0.15, 0.2) is 0 Å². The molecule has 0 spiro atoms. The fraction of sp³-hybridized carbons (Fsp3) is 0.400. The Morgan fingerprint density at radius 3 is 2.76 bits per heavy atom. The number of anilines is 1. The molecular formula is C10H15ClN2O2S2. The van der Waals surface area contributed by atoms with E-state index in [0.29, 0.717) is 10.7 Å². The molecule has 0 radical (unpaired) electrons. The van der Waals surface area contributed by atoms with Crippen molar-refractivity contribution in [2.45, 2.75) is 11.3 Å². The molecule has 0 saturated heterocycles. The van der Waals surface area contributed by atoms with Gasteiger partial charge in [0.25, 0.3) is 0 Å². The molecule has 0 heterocycles. The first-order valence-electron chi connectivity index (χ1n) is 5.00. The Morgan fingerprint density at radius 1 is 1.47 bits per heavy atom. The number of thioether (sulfide) groups is 1. The van der Waals surface area contributed by atoms with Gasteiger partial charge < -0.3 is 5.32 Å². The molecule has 1 aromatic rings. The molecule has 96 valence electrons. The van der Waals surface area contributed by atoms with Crippen LogP contribution in [0.3, 0.4) is 0 Å². The maximum atomic E-state index is 11.2. The molecule has 17 heavy (non-hydrogen) atoms. The normalized spacial score (nSPS) is 11.5. The smallest absolute Gasteiger partial charge is 0.238 e. The van der Waals surface area contributed by atoms with Crippen molar-refractivity contribution in [1.29, 1.82) is 0 Å². The SMILES string of the molecule is CSCCCNc1cc(S(N)(=O)=O)ccc1Cl. The van der Waals surface area contributed by atoms with Crippen LogP contribution in [0, 0.1) is 0 Å². The third-order valence-electron chi connectivity index (χ3n) is 2.11. The zero-order valence-electron chi connectivity index (χ0n) is 9.44. The highest BCUT2D eigenvalue weighted by Crippen LogP contribution is 2.24. The summed E-state index contributed by atoms with van der Waals surface area (Å²) in [5.74, 6) is 1.04. The minimum atomic E-state index is -3.68. The molecule has 0 atom stereocenters. The van der Waals surface area contributed by atoms with Crippen molar-refractivity contribution in [1.82, 2.24) is 0 Å². The second-order valence-electron chi connectivity index (χ2n) is 3.46. The molecule has 0 aliphatic heterocycles. The third-order valence-corrected chi connectivity index (χ3v) is 4.04. The van der Waals surface area contributed by atoms with Crippen molar-refractivity contribution in [2.24, 2.45) is 5.14 Å². The summed E-state index contributed by atoms with van der Waals surface area (Å²) < 4.78 is 22.4. The van der Waals surface area contributed by atoms with E-state index in [1.165, 1.54) is 18.2 Å². The van der Waals surface area contributed by atoms with Gasteiger partial charge in [0.1, 0.15) is 0 Å². The van der Waals surface area contributed by atoms with Crippen LogP contribution in [0.2, 0.25) is 5.02 Å². The lowest BCUT2D eigenvalue weighted by Crippen LogP contribution is -2.13. The van der Waals surface area contributed by atoms with Crippen molar-refractivity contribution in [2.75, 3.05) is 23.9 Å². The summed E-state index contributed by atoms with van der Waals surface area (Å²) in [4.78, 5) is 0.0641. The third kappa shape index (κ3) is 4.75. The maximum Gasteiger partial charge on any atom is 0.238 e. The van der Waals surface area contributed by atoms with Crippen molar-refractivity contribution in [3.8, 4) is 0 Å². The van der Waals surface area contributed by atoms with E-state index in [1.807, 2.05) is 6.26 Å². The lowest BCUT2D eigenvalue weighted by molar-refractivity contribution is 0.598. The van der Waals surface area contributed by atoms with Crippen molar-refractivity contribution in [3.63, 3.8) is 0 Å². The first-order chi connectivity index (χ1) is 7.95. The van der Waals surface area contributed by atoms with Gasteiger partial charge in [-0.3, -0.25) is 0 Å². The quantitative estimate of drug-likeness (QED) is 0.789. The highest BCUT2D eigenvalue weighted by Gasteiger charge is 2.10. The summed E-state index contributed by atoms with van der Waals surface area (Å²) in [5.41, 5.74) is 0.597. The number of hydrogen-bond donors (Lipinski definition) is 2. The highest BCUT2D eigenvalue weighted by atomic mass is 35.5. The van der Waals surface area contributed by atoms with Gasteiger partial charge in [0, 0.05) is 6.54 Å². The molecule has 0 amide bonds. The lowest BCUT2D eigenvalue weighted by atomic mass is 10.3. The Bertz CT molecular complexity index is 477. The van der Waals surface area contributed by atoms with Crippen LogP contribution >= 0.6 is 23.4 Å². The monoisotopic (exact) mass is 294 g/mol. The summed E-state index contributed by atoms with van der Waals surface area (Å²) in [5, 5.41) is 8.63. The van der Waals surface area contributed by atoms with Crippen LogP contribution < -0.4 is 10.5 Å². The summed E-state index contributed by atoms with van der Waals surface area (Å²) in [6, 6.07) is 4.37. The molecule has 7 heteroatoms. The Hall–Kier alpha value is -0.430. The van der Waals surface area contributed by atoms with Crippen LogP contribution in [-0.4, -0.2) is 27.0 Å².